The Labute approximate surface area is 223 Å². The average Bonchev–Trinajstić information content (AvgIpc) is 3.70. The van der Waals surface area contributed by atoms with Gasteiger partial charge in [0.2, 0.25) is 5.91 Å². The Balaban J connectivity index is 1.42. The Morgan fingerprint density at radius 3 is 2.63 bits per heavy atom. The summed E-state index contributed by atoms with van der Waals surface area (Å²) in [5, 5.41) is 16.8. The fourth-order valence-electron chi connectivity index (χ4n) is 5.35. The standard InChI is InChI=1S/C24H46N8O6/c1-11(7-25)21(33)31-15-5-14(28)16(6-17(15)38-23-19-20(32-19)24(2,34)10-35-23)37-22-13(27)4-3-12(36-22)9-30-18(29)8-26/h11-17,19-20,22-23,32,34H,3-10,25-28H2,1-2H3,(H2,29,30)(H,31,33). The zero-order chi connectivity index (χ0) is 27.6. The number of amidine groups is 1. The van der Waals surface area contributed by atoms with Crippen molar-refractivity contribution in [2.75, 3.05) is 26.2 Å². The van der Waals surface area contributed by atoms with Gasteiger partial charge in [0.15, 0.2) is 12.6 Å². The van der Waals surface area contributed by atoms with Crippen LogP contribution in [0, 0.1) is 5.92 Å². The van der Waals surface area contributed by atoms with Gasteiger partial charge in [-0.2, -0.15) is 0 Å². The van der Waals surface area contributed by atoms with Crippen LogP contribution in [0.3, 0.4) is 0 Å². The predicted molar refractivity (Wildman–Crippen MR) is 140 cm³/mol. The molecule has 14 nitrogen and oxygen atoms in total. The third-order valence-corrected chi connectivity index (χ3v) is 7.99. The summed E-state index contributed by atoms with van der Waals surface area (Å²) in [6.45, 7) is 4.44. The number of carbonyl (C=O) groups is 1. The van der Waals surface area contributed by atoms with Crippen LogP contribution in [0.4, 0.5) is 0 Å². The first-order chi connectivity index (χ1) is 18.0. The van der Waals surface area contributed by atoms with Crippen molar-refractivity contribution in [2.24, 2.45) is 39.6 Å². The molecule has 4 aliphatic rings. The lowest BCUT2D eigenvalue weighted by Gasteiger charge is -2.44. The first-order valence-corrected chi connectivity index (χ1v) is 13.6. The van der Waals surface area contributed by atoms with Crippen molar-refractivity contribution in [3.05, 3.63) is 0 Å². The van der Waals surface area contributed by atoms with E-state index in [0.29, 0.717) is 31.6 Å². The fraction of sp³-hybridized carbons (Fsp3) is 0.917. The molecule has 0 radical (unpaired) electrons. The van der Waals surface area contributed by atoms with Crippen molar-refractivity contribution in [1.82, 2.24) is 10.6 Å². The number of hydrogen-bond donors (Lipinski definition) is 8. The number of nitrogens with zero attached hydrogens (tertiary/aromatic N) is 1. The summed E-state index contributed by atoms with van der Waals surface area (Å²) in [6.07, 6.45) is -0.0566. The average molecular weight is 543 g/mol. The Morgan fingerprint density at radius 2 is 1.92 bits per heavy atom. The molecule has 1 aliphatic carbocycles. The number of hydrogen-bond acceptors (Lipinski definition) is 12. The quantitative estimate of drug-likeness (QED) is 0.0762. The second-order valence-electron chi connectivity index (χ2n) is 11.3. The van der Waals surface area contributed by atoms with Crippen LogP contribution < -0.4 is 39.3 Å². The smallest absolute Gasteiger partial charge is 0.224 e. The van der Waals surface area contributed by atoms with E-state index >= 15 is 0 Å². The van der Waals surface area contributed by atoms with Crippen LogP contribution in [0.2, 0.25) is 0 Å². The minimum Gasteiger partial charge on any atom is -0.386 e. The van der Waals surface area contributed by atoms with Crippen molar-refractivity contribution in [3.8, 4) is 0 Å². The number of aliphatic imine (C=N–C) groups is 1. The van der Waals surface area contributed by atoms with Gasteiger partial charge in [-0.15, -0.1) is 0 Å². The van der Waals surface area contributed by atoms with E-state index in [0.717, 1.165) is 6.42 Å². The second-order valence-corrected chi connectivity index (χ2v) is 11.3. The molecule has 14 heteroatoms. The van der Waals surface area contributed by atoms with Gasteiger partial charge in [-0.3, -0.25) is 9.79 Å². The van der Waals surface area contributed by atoms with Crippen LogP contribution in [0.5, 0.6) is 0 Å². The van der Waals surface area contributed by atoms with Gasteiger partial charge < -0.3 is 63.4 Å². The highest BCUT2D eigenvalue weighted by molar-refractivity contribution is 5.82. The molecule has 13 N–H and O–H groups in total. The van der Waals surface area contributed by atoms with E-state index in [4.69, 9.17) is 47.6 Å². The molecule has 3 saturated heterocycles. The van der Waals surface area contributed by atoms with Gasteiger partial charge in [0.05, 0.1) is 62.2 Å². The highest BCUT2D eigenvalue weighted by atomic mass is 16.7. The van der Waals surface area contributed by atoms with Crippen LogP contribution in [-0.4, -0.2) is 110 Å². The van der Waals surface area contributed by atoms with Crippen LogP contribution >= 0.6 is 0 Å². The number of fused-ring (bicyclic) bond motifs is 1. The van der Waals surface area contributed by atoms with E-state index in [9.17, 15) is 9.90 Å². The summed E-state index contributed by atoms with van der Waals surface area (Å²) in [6, 6.07) is -1.32. The summed E-state index contributed by atoms with van der Waals surface area (Å²) in [5.74, 6) is -0.144. The minimum absolute atomic E-state index is 0.106. The molecule has 218 valence electrons. The van der Waals surface area contributed by atoms with Crippen molar-refractivity contribution in [2.45, 2.75) is 106 Å². The normalized spacial score (nSPS) is 44.2. The van der Waals surface area contributed by atoms with Crippen molar-refractivity contribution >= 4 is 11.7 Å². The number of carbonyl (C=O) groups excluding carboxylic acids is 1. The number of ether oxygens (including phenoxy) is 4. The molecule has 1 amide bonds. The van der Waals surface area contributed by atoms with Gasteiger partial charge in [-0.1, -0.05) is 6.92 Å². The summed E-state index contributed by atoms with van der Waals surface area (Å²) in [4.78, 5) is 17.0. The number of amides is 1. The molecular formula is C24H46N8O6. The molecule has 0 aromatic rings. The molecule has 12 unspecified atom stereocenters. The Morgan fingerprint density at radius 1 is 1.18 bits per heavy atom. The maximum atomic E-state index is 12.7. The van der Waals surface area contributed by atoms with Crippen LogP contribution in [0.15, 0.2) is 4.99 Å². The molecule has 4 rings (SSSR count). The summed E-state index contributed by atoms with van der Waals surface area (Å²) in [5.41, 5.74) is 28.9. The highest BCUT2D eigenvalue weighted by Gasteiger charge is 2.58. The topological polar surface area (TPSA) is 251 Å². The lowest BCUT2D eigenvalue weighted by molar-refractivity contribution is -0.251. The molecule has 3 heterocycles. The first kappa shape index (κ1) is 29.5. The summed E-state index contributed by atoms with van der Waals surface area (Å²) < 4.78 is 24.7. The number of nitrogens with one attached hydrogen (secondary N) is 2. The molecule has 38 heavy (non-hydrogen) atoms. The molecule has 0 bridgehead atoms. The van der Waals surface area contributed by atoms with Crippen molar-refractivity contribution in [1.29, 1.82) is 0 Å². The monoisotopic (exact) mass is 542 g/mol. The number of rotatable bonds is 10. The number of nitrogens with two attached hydrogens (primary N) is 5. The van der Waals surface area contributed by atoms with Gasteiger partial charge in [-0.05, 0) is 26.2 Å². The Kier molecular flexibility index (Phi) is 9.61. The highest BCUT2D eigenvalue weighted by Crippen LogP contribution is 2.36. The van der Waals surface area contributed by atoms with Crippen LogP contribution in [0.25, 0.3) is 0 Å². The van der Waals surface area contributed by atoms with E-state index in [2.05, 4.69) is 15.6 Å². The zero-order valence-corrected chi connectivity index (χ0v) is 22.3. The lowest BCUT2D eigenvalue weighted by Crippen LogP contribution is -2.60. The van der Waals surface area contributed by atoms with Gasteiger partial charge in [0.1, 0.15) is 11.4 Å². The van der Waals surface area contributed by atoms with Crippen LogP contribution in [-0.2, 0) is 23.7 Å². The lowest BCUT2D eigenvalue weighted by atomic mass is 9.85. The summed E-state index contributed by atoms with van der Waals surface area (Å²) in [7, 11) is 0. The Bertz CT molecular complexity index is 849. The molecular weight excluding hydrogens is 496 g/mol. The van der Waals surface area contributed by atoms with Gasteiger partial charge in [-0.25, -0.2) is 0 Å². The van der Waals surface area contributed by atoms with Gasteiger partial charge in [0.25, 0.3) is 0 Å². The molecule has 0 aromatic carbocycles. The molecule has 0 aromatic heterocycles. The maximum Gasteiger partial charge on any atom is 0.224 e. The van der Waals surface area contributed by atoms with E-state index in [-0.39, 0.29) is 61.8 Å². The van der Waals surface area contributed by atoms with Crippen LogP contribution in [0.1, 0.15) is 39.5 Å². The fourth-order valence-corrected chi connectivity index (χ4v) is 5.35. The van der Waals surface area contributed by atoms with Gasteiger partial charge >= 0.3 is 0 Å². The number of aliphatic hydroxyl groups is 1. The molecule has 0 spiro atoms. The maximum absolute atomic E-state index is 12.7. The SMILES string of the molecule is CC(CN)C(=O)NC1CC(N)C(OC2OC(CN=C(N)CN)CCC2N)CC1OC1OCC(C)(O)C2NC12. The Hall–Kier alpha value is -1.46. The first-order valence-electron chi connectivity index (χ1n) is 13.6. The predicted octanol–water partition coefficient (Wildman–Crippen LogP) is -3.45. The van der Waals surface area contributed by atoms with Crippen molar-refractivity contribution < 1.29 is 28.8 Å². The van der Waals surface area contributed by atoms with E-state index < -0.39 is 36.4 Å². The zero-order valence-electron chi connectivity index (χ0n) is 22.3. The molecule has 1 saturated carbocycles. The van der Waals surface area contributed by atoms with E-state index in [1.165, 1.54) is 0 Å². The van der Waals surface area contributed by atoms with Gasteiger partial charge in [0, 0.05) is 24.9 Å². The third kappa shape index (κ3) is 6.99. The largest absolute Gasteiger partial charge is 0.386 e. The molecule has 4 fully saturated rings. The third-order valence-electron chi connectivity index (χ3n) is 7.99. The van der Waals surface area contributed by atoms with E-state index in [1.54, 1.807) is 13.8 Å². The van der Waals surface area contributed by atoms with E-state index in [1.807, 2.05) is 0 Å². The second kappa shape index (κ2) is 12.4. The van der Waals surface area contributed by atoms with Crippen molar-refractivity contribution in [3.63, 3.8) is 0 Å². The molecule has 3 aliphatic heterocycles. The molecule has 12 atom stereocenters. The summed E-state index contributed by atoms with van der Waals surface area (Å²) >= 11 is 0. The minimum atomic E-state index is -0.959.